The van der Waals surface area contributed by atoms with Crippen LogP contribution in [-0.4, -0.2) is 155 Å². The summed E-state index contributed by atoms with van der Waals surface area (Å²) in [6.07, 6.45) is 16.1. The van der Waals surface area contributed by atoms with Crippen LogP contribution in [0.1, 0.15) is 138 Å². The van der Waals surface area contributed by atoms with E-state index in [4.69, 9.17) is 28.4 Å². The number of rotatable bonds is 13. The van der Waals surface area contributed by atoms with Gasteiger partial charge in [-0.05, 0) is 107 Å². The number of carbonyl (C=O) groups is 6. The predicted molar refractivity (Wildman–Crippen MR) is 293 cm³/mol. The Balaban J connectivity index is 1.37. The molecule has 436 valence electrons. The predicted octanol–water partition coefficient (Wildman–Crippen LogP) is 6.69. The van der Waals surface area contributed by atoms with Crippen LogP contribution in [0.2, 0.25) is 0 Å². The lowest BCUT2D eigenvalue weighted by Crippen LogP contribution is -2.61. The average molecular weight is 1090 g/mol. The summed E-state index contributed by atoms with van der Waals surface area (Å²) in [5, 5.41) is 26.5. The fourth-order valence-electron chi connectivity index (χ4n) is 11.6. The summed E-state index contributed by atoms with van der Waals surface area (Å²) in [4.78, 5) is 89.6. The maximum atomic E-state index is 14.6. The highest BCUT2D eigenvalue weighted by atomic mass is 16.6. The van der Waals surface area contributed by atoms with E-state index < -0.39 is 77.8 Å². The van der Waals surface area contributed by atoms with E-state index in [0.29, 0.717) is 89.4 Å². The molecule has 3 fully saturated rings. The Morgan fingerprint density at radius 1 is 0.910 bits per heavy atom. The molecule has 1 saturated carbocycles. The van der Waals surface area contributed by atoms with Gasteiger partial charge in [-0.25, -0.2) is 9.78 Å². The molecule has 18 nitrogen and oxygen atoms in total. The minimum atomic E-state index is -2.45. The van der Waals surface area contributed by atoms with Gasteiger partial charge in [-0.15, -0.1) is 0 Å². The summed E-state index contributed by atoms with van der Waals surface area (Å²) in [6, 6.07) is -1.16. The number of aryl methyl sites for hydroxylation is 2. The summed E-state index contributed by atoms with van der Waals surface area (Å²) in [6.45, 7) is 13.4. The van der Waals surface area contributed by atoms with Crippen molar-refractivity contribution in [3.05, 3.63) is 65.8 Å². The van der Waals surface area contributed by atoms with E-state index in [9.17, 15) is 39.0 Å². The zero-order valence-electron chi connectivity index (χ0n) is 48.4. The number of hydrogen-bond acceptors (Lipinski definition) is 15. The van der Waals surface area contributed by atoms with Crippen molar-refractivity contribution < 1.29 is 67.4 Å². The molecule has 78 heavy (non-hydrogen) atoms. The second kappa shape index (κ2) is 30.8. The van der Waals surface area contributed by atoms with Crippen LogP contribution < -0.4 is 5.32 Å². The quantitative estimate of drug-likeness (QED) is 0.0809. The number of imidazole rings is 1. The normalized spacial score (nSPS) is 35.6. The molecular formula is C60H92N4O14. The van der Waals surface area contributed by atoms with Gasteiger partial charge in [0.15, 0.2) is 5.78 Å². The van der Waals surface area contributed by atoms with Gasteiger partial charge in [0.2, 0.25) is 11.7 Å². The Kier molecular flexibility index (Phi) is 25.3. The number of carbonyl (C=O) groups excluding carboxylic acids is 6. The molecule has 4 aliphatic rings. The lowest BCUT2D eigenvalue weighted by atomic mass is 9.78. The van der Waals surface area contributed by atoms with E-state index in [0.717, 1.165) is 17.8 Å². The fourth-order valence-corrected chi connectivity index (χ4v) is 11.6. The van der Waals surface area contributed by atoms with Gasteiger partial charge in [0.05, 0.1) is 31.0 Å². The number of aromatic nitrogens is 2. The van der Waals surface area contributed by atoms with Crippen LogP contribution in [0.5, 0.6) is 0 Å². The Morgan fingerprint density at radius 2 is 1.67 bits per heavy atom. The number of hydrogen-bond donors (Lipinski definition) is 3. The molecule has 18 heteroatoms. The second-order valence-electron chi connectivity index (χ2n) is 22.7. The molecule has 5 rings (SSSR count). The van der Waals surface area contributed by atoms with Crippen molar-refractivity contribution >= 4 is 35.1 Å². The number of aliphatic hydroxyl groups excluding tert-OH is 1. The minimum Gasteiger partial charge on any atom is -0.460 e. The Hall–Kier alpha value is -4.69. The lowest BCUT2D eigenvalue weighted by Gasteiger charge is -2.42. The van der Waals surface area contributed by atoms with Gasteiger partial charge in [-0.3, -0.25) is 24.0 Å². The van der Waals surface area contributed by atoms with E-state index in [-0.39, 0.29) is 66.8 Å². The van der Waals surface area contributed by atoms with Crippen molar-refractivity contribution in [3.8, 4) is 0 Å². The number of aliphatic hydroxyl groups is 2. The lowest BCUT2D eigenvalue weighted by molar-refractivity contribution is -0.265. The fraction of sp³-hybridized carbons (Fsp3) is 0.717. The highest BCUT2D eigenvalue weighted by Gasteiger charge is 2.53. The summed E-state index contributed by atoms with van der Waals surface area (Å²) in [7, 11) is 6.49. The molecule has 15 atom stereocenters. The number of piperidine rings is 1. The third-order valence-electron chi connectivity index (χ3n) is 16.7. The van der Waals surface area contributed by atoms with Crippen molar-refractivity contribution in [2.45, 2.75) is 193 Å². The number of ketones is 3. The number of cyclic esters (lactones) is 1. The van der Waals surface area contributed by atoms with Gasteiger partial charge in [0.1, 0.15) is 36.0 Å². The summed E-state index contributed by atoms with van der Waals surface area (Å²) >= 11 is 0. The molecule has 0 radical (unpaired) electrons. The van der Waals surface area contributed by atoms with E-state index in [1.54, 1.807) is 47.3 Å². The third kappa shape index (κ3) is 17.7. The number of fused-ring (bicyclic) bond motifs is 3. The number of amides is 2. The minimum absolute atomic E-state index is 0.00576. The molecule has 2 saturated heterocycles. The van der Waals surface area contributed by atoms with Gasteiger partial charge < -0.3 is 53.4 Å². The standard InChI is InChI=1S/C60H92N4O14/c1-37-17-13-12-14-18-38(2)49(73-9)35-45-22-20-43(7)60(72,78-45)57(69)58(70)64-28-16-15-19-46(64)59(71)77-50(36-47(65)39(3)32-42(6)55(68)56(75-11)54(67)41(5)31-37)40(4)33-44-21-23-48(51(34-44)74-10)76-30-27-62-53(66)25-24-52-61-26-29-63(52)8/h12-14,17-18,26,29,32,37,39-41,43-46,48-51,55-56,68,72H,15-16,19-25,27-28,30-31,33-36H2,1-11H3,(H,62,66)/b14-12+,17-13-,38-18+,42-32+/t37-,39-,40-,41-,43-,44-,45+,46+,48-,49+,50+,51-,55-,56+,60-/m1/s1. The Bertz CT molecular complexity index is 2290. The van der Waals surface area contributed by atoms with Crippen LogP contribution in [0.4, 0.5) is 0 Å². The zero-order chi connectivity index (χ0) is 57.3. The van der Waals surface area contributed by atoms with Crippen LogP contribution in [0, 0.1) is 35.5 Å². The molecule has 1 aromatic heterocycles. The van der Waals surface area contributed by atoms with Gasteiger partial charge in [-0.1, -0.05) is 71.1 Å². The van der Waals surface area contributed by atoms with E-state index >= 15 is 0 Å². The molecule has 1 aliphatic carbocycles. The SMILES string of the molecule is CO[C@H]1C[C@@H]2CC[C@@H](C)[C@@](O)(O2)C(=O)C(=O)N2CCCC[C@H]2C(=O)O[C@H]([C@H](C)C[C@H]2CC[C@@H](OCCNC(=O)CCc3nccn3C)[C@H](OC)C2)CC(=O)[C@H](C)/C=C(\C)[C@@H](O)[C@@H](OC)C(=O)[C@H](C)C[C@H](C)\C=C/C=C/C=C/1C. The van der Waals surface area contributed by atoms with Gasteiger partial charge in [0, 0.05) is 97.3 Å². The van der Waals surface area contributed by atoms with Gasteiger partial charge in [-0.2, -0.15) is 0 Å². The Morgan fingerprint density at radius 3 is 2.36 bits per heavy atom. The third-order valence-corrected chi connectivity index (χ3v) is 16.7. The largest absolute Gasteiger partial charge is 0.460 e. The van der Waals surface area contributed by atoms with Crippen molar-refractivity contribution in [2.75, 3.05) is 41.0 Å². The molecule has 2 bridgehead atoms. The second-order valence-corrected chi connectivity index (χ2v) is 22.7. The summed E-state index contributed by atoms with van der Waals surface area (Å²) < 4.78 is 38.1. The first-order valence-electron chi connectivity index (χ1n) is 28.4. The highest BCUT2D eigenvalue weighted by molar-refractivity contribution is 6.39. The van der Waals surface area contributed by atoms with Crippen molar-refractivity contribution in [1.29, 1.82) is 0 Å². The van der Waals surface area contributed by atoms with Gasteiger partial charge >= 0.3 is 5.97 Å². The van der Waals surface area contributed by atoms with Crippen molar-refractivity contribution in [2.24, 2.45) is 42.6 Å². The number of Topliss-reactive ketones (excluding diaryl/α,β-unsaturated/α-hetero) is 3. The number of ether oxygens (including phenoxy) is 6. The topological polar surface area (TPSA) is 231 Å². The maximum Gasteiger partial charge on any atom is 0.329 e. The molecule has 0 spiro atoms. The van der Waals surface area contributed by atoms with Crippen LogP contribution in [0.15, 0.2) is 60.0 Å². The first-order chi connectivity index (χ1) is 37.1. The van der Waals surface area contributed by atoms with Crippen LogP contribution in [-0.2, 0) is 70.7 Å². The number of methoxy groups -OCH3 is 3. The first-order valence-corrected chi connectivity index (χ1v) is 28.4. The first kappa shape index (κ1) is 64.1. The molecule has 3 N–H and O–H groups in total. The average Bonchev–Trinajstić information content (AvgIpc) is 3.86. The molecule has 3 aliphatic heterocycles. The number of allylic oxidation sites excluding steroid dienone is 6. The molecular weight excluding hydrogens is 1000 g/mol. The molecule has 0 unspecified atom stereocenters. The van der Waals surface area contributed by atoms with E-state index in [2.05, 4.69) is 10.3 Å². The van der Waals surface area contributed by atoms with Crippen LogP contribution >= 0.6 is 0 Å². The molecule has 2 amide bonds. The summed E-state index contributed by atoms with van der Waals surface area (Å²) in [5.41, 5.74) is 1.25. The molecule has 0 aromatic carbocycles. The molecule has 1 aromatic rings. The van der Waals surface area contributed by atoms with E-state index in [1.165, 1.54) is 12.0 Å². The molecule has 4 heterocycles. The number of esters is 1. The van der Waals surface area contributed by atoms with E-state index in [1.807, 2.05) is 75.9 Å². The smallest absolute Gasteiger partial charge is 0.329 e. The zero-order valence-corrected chi connectivity index (χ0v) is 48.4. The number of nitrogens with one attached hydrogen (secondary N) is 1. The number of nitrogens with zero attached hydrogens (tertiary/aromatic N) is 3. The highest BCUT2D eigenvalue weighted by Crippen LogP contribution is 2.38. The maximum absolute atomic E-state index is 14.6. The van der Waals surface area contributed by atoms with Gasteiger partial charge in [0.25, 0.3) is 11.7 Å². The van der Waals surface area contributed by atoms with Crippen LogP contribution in [0.3, 0.4) is 0 Å². The Labute approximate surface area is 463 Å². The monoisotopic (exact) mass is 1090 g/mol. The van der Waals surface area contributed by atoms with Crippen molar-refractivity contribution in [3.63, 3.8) is 0 Å². The van der Waals surface area contributed by atoms with Crippen LogP contribution in [0.25, 0.3) is 0 Å². The van der Waals surface area contributed by atoms with Crippen molar-refractivity contribution in [1.82, 2.24) is 19.8 Å². The summed E-state index contributed by atoms with van der Waals surface area (Å²) in [5.74, 6) is -7.39.